The lowest BCUT2D eigenvalue weighted by Crippen LogP contribution is -2.29. The maximum atomic E-state index is 5.72. The molecular weight excluding hydrogens is 178 g/mol. The summed E-state index contributed by atoms with van der Waals surface area (Å²) < 4.78 is 0. The van der Waals surface area contributed by atoms with E-state index in [1.165, 1.54) is 0 Å². The van der Waals surface area contributed by atoms with Crippen molar-refractivity contribution in [2.45, 2.75) is 32.7 Å². The van der Waals surface area contributed by atoms with Crippen molar-refractivity contribution in [1.82, 2.24) is 15.6 Å². The van der Waals surface area contributed by atoms with Crippen LogP contribution < -0.4 is 17.0 Å². The van der Waals surface area contributed by atoms with Gasteiger partial charge in [0.15, 0.2) is 0 Å². The van der Waals surface area contributed by atoms with E-state index >= 15 is 0 Å². The molecule has 0 amide bonds. The summed E-state index contributed by atoms with van der Waals surface area (Å²) >= 11 is 0. The minimum absolute atomic E-state index is 0.0868. The van der Waals surface area contributed by atoms with Gasteiger partial charge in [-0.05, 0) is 12.3 Å². The topological polar surface area (TPSA) is 92.7 Å². The second kappa shape index (κ2) is 4.97. The molecule has 0 aromatic carbocycles. The highest BCUT2D eigenvalue weighted by Crippen LogP contribution is 2.24. The molecule has 0 saturated heterocycles. The Morgan fingerprint density at radius 1 is 1.64 bits per heavy atom. The van der Waals surface area contributed by atoms with Gasteiger partial charge in [-0.1, -0.05) is 20.3 Å². The van der Waals surface area contributed by atoms with Crippen molar-refractivity contribution in [2.24, 2.45) is 11.8 Å². The number of aromatic amines is 1. The van der Waals surface area contributed by atoms with Crippen molar-refractivity contribution in [3.63, 3.8) is 0 Å². The van der Waals surface area contributed by atoms with Crippen LogP contribution in [0.3, 0.4) is 0 Å². The summed E-state index contributed by atoms with van der Waals surface area (Å²) in [5, 5.41) is 6.59. The SMILES string of the molecule is CCC(C)CC(NN)c1cn[nH]c1N. The van der Waals surface area contributed by atoms with Gasteiger partial charge >= 0.3 is 0 Å². The van der Waals surface area contributed by atoms with Crippen molar-refractivity contribution in [2.75, 3.05) is 5.73 Å². The lowest BCUT2D eigenvalue weighted by Gasteiger charge is -2.18. The molecule has 14 heavy (non-hydrogen) atoms. The molecule has 6 N–H and O–H groups in total. The molecular formula is C9H19N5. The van der Waals surface area contributed by atoms with Gasteiger partial charge in [0, 0.05) is 5.56 Å². The number of rotatable bonds is 5. The molecule has 80 valence electrons. The molecule has 5 nitrogen and oxygen atoms in total. The van der Waals surface area contributed by atoms with Gasteiger partial charge < -0.3 is 5.73 Å². The number of nitrogens with two attached hydrogens (primary N) is 2. The monoisotopic (exact) mass is 197 g/mol. The van der Waals surface area contributed by atoms with Crippen molar-refractivity contribution >= 4 is 5.82 Å². The van der Waals surface area contributed by atoms with Crippen molar-refractivity contribution in [3.05, 3.63) is 11.8 Å². The Labute approximate surface area is 84.2 Å². The fourth-order valence-electron chi connectivity index (χ4n) is 1.44. The number of nitrogens with zero attached hydrogens (tertiary/aromatic N) is 1. The Balaban J connectivity index is 2.67. The molecule has 0 saturated carbocycles. The van der Waals surface area contributed by atoms with E-state index in [-0.39, 0.29) is 6.04 Å². The molecule has 2 unspecified atom stereocenters. The number of hydrogen-bond donors (Lipinski definition) is 4. The van der Waals surface area contributed by atoms with Crippen LogP contribution in [0.25, 0.3) is 0 Å². The third kappa shape index (κ3) is 2.46. The van der Waals surface area contributed by atoms with Gasteiger partial charge in [-0.2, -0.15) is 5.10 Å². The van der Waals surface area contributed by atoms with Gasteiger partial charge in [0.1, 0.15) is 5.82 Å². The van der Waals surface area contributed by atoms with Crippen LogP contribution in [0.15, 0.2) is 6.20 Å². The van der Waals surface area contributed by atoms with E-state index < -0.39 is 0 Å². The summed E-state index contributed by atoms with van der Waals surface area (Å²) in [5.41, 5.74) is 9.44. The molecule has 1 aromatic heterocycles. The second-order valence-electron chi connectivity index (χ2n) is 3.71. The predicted octanol–water partition coefficient (Wildman–Crippen LogP) is 0.932. The average Bonchev–Trinajstić information content (AvgIpc) is 2.60. The lowest BCUT2D eigenvalue weighted by atomic mass is 9.96. The van der Waals surface area contributed by atoms with Crippen LogP contribution in [-0.4, -0.2) is 10.2 Å². The normalized spacial score (nSPS) is 15.4. The van der Waals surface area contributed by atoms with Crippen molar-refractivity contribution in [3.8, 4) is 0 Å². The first-order chi connectivity index (χ1) is 6.69. The summed E-state index contributed by atoms with van der Waals surface area (Å²) in [5.74, 6) is 6.70. The number of nitrogen functional groups attached to an aromatic ring is 1. The fraction of sp³-hybridized carbons (Fsp3) is 0.667. The Bertz CT molecular complexity index is 270. The van der Waals surface area contributed by atoms with E-state index in [9.17, 15) is 0 Å². The molecule has 0 radical (unpaired) electrons. The highest BCUT2D eigenvalue weighted by molar-refractivity contribution is 5.39. The van der Waals surface area contributed by atoms with Crippen molar-refractivity contribution < 1.29 is 0 Å². The summed E-state index contributed by atoms with van der Waals surface area (Å²) in [7, 11) is 0. The predicted molar refractivity (Wildman–Crippen MR) is 57.1 cm³/mol. The van der Waals surface area contributed by atoms with E-state index in [0.717, 1.165) is 18.4 Å². The zero-order valence-corrected chi connectivity index (χ0v) is 8.75. The first-order valence-electron chi connectivity index (χ1n) is 4.93. The van der Waals surface area contributed by atoms with Crippen LogP contribution >= 0.6 is 0 Å². The number of aromatic nitrogens is 2. The van der Waals surface area contributed by atoms with Gasteiger partial charge in [0.05, 0.1) is 12.2 Å². The Hall–Kier alpha value is -1.07. The van der Waals surface area contributed by atoms with E-state index in [2.05, 4.69) is 29.5 Å². The zero-order chi connectivity index (χ0) is 10.6. The molecule has 2 atom stereocenters. The molecule has 0 aliphatic rings. The molecule has 1 rings (SSSR count). The summed E-state index contributed by atoms with van der Waals surface area (Å²) in [6.45, 7) is 4.36. The largest absolute Gasteiger partial charge is 0.384 e. The average molecular weight is 197 g/mol. The van der Waals surface area contributed by atoms with Gasteiger partial charge in [0.25, 0.3) is 0 Å². The fourth-order valence-corrected chi connectivity index (χ4v) is 1.44. The minimum atomic E-state index is 0.0868. The van der Waals surface area contributed by atoms with Gasteiger partial charge in [-0.25, -0.2) is 0 Å². The maximum Gasteiger partial charge on any atom is 0.123 e. The Morgan fingerprint density at radius 2 is 2.36 bits per heavy atom. The number of nitrogens with one attached hydrogen (secondary N) is 2. The second-order valence-corrected chi connectivity index (χ2v) is 3.71. The van der Waals surface area contributed by atoms with E-state index in [4.69, 9.17) is 11.6 Å². The quantitative estimate of drug-likeness (QED) is 0.417. The molecule has 0 fully saturated rings. The van der Waals surface area contributed by atoms with E-state index in [1.807, 2.05) is 0 Å². The molecule has 1 aromatic rings. The first-order valence-corrected chi connectivity index (χ1v) is 4.93. The summed E-state index contributed by atoms with van der Waals surface area (Å²) in [6.07, 6.45) is 3.83. The summed E-state index contributed by atoms with van der Waals surface area (Å²) in [4.78, 5) is 0. The van der Waals surface area contributed by atoms with Gasteiger partial charge in [-0.15, -0.1) is 0 Å². The van der Waals surface area contributed by atoms with E-state index in [0.29, 0.717) is 11.7 Å². The molecule has 5 heteroatoms. The van der Waals surface area contributed by atoms with Crippen molar-refractivity contribution in [1.29, 1.82) is 0 Å². The smallest absolute Gasteiger partial charge is 0.123 e. The summed E-state index contributed by atoms with van der Waals surface area (Å²) in [6, 6.07) is 0.0868. The maximum absolute atomic E-state index is 5.72. The number of anilines is 1. The van der Waals surface area contributed by atoms with Crippen LogP contribution in [0, 0.1) is 5.92 Å². The third-order valence-electron chi connectivity index (χ3n) is 2.61. The number of hydrogen-bond acceptors (Lipinski definition) is 4. The van der Waals surface area contributed by atoms with Crippen LogP contribution in [0.1, 0.15) is 38.3 Å². The zero-order valence-electron chi connectivity index (χ0n) is 8.75. The standard InChI is InChI=1S/C9H19N5/c1-3-6(2)4-8(13-11)7-5-12-14-9(7)10/h5-6,8,13H,3-4,11H2,1-2H3,(H3,10,12,14). The van der Waals surface area contributed by atoms with Crippen LogP contribution in [0.5, 0.6) is 0 Å². The molecule has 0 aliphatic carbocycles. The van der Waals surface area contributed by atoms with E-state index in [1.54, 1.807) is 6.20 Å². The number of H-pyrrole nitrogens is 1. The third-order valence-corrected chi connectivity index (χ3v) is 2.61. The lowest BCUT2D eigenvalue weighted by molar-refractivity contribution is 0.408. The number of hydrazine groups is 1. The molecule has 0 spiro atoms. The first kappa shape index (κ1) is 11.0. The molecule has 0 bridgehead atoms. The van der Waals surface area contributed by atoms with Crippen LogP contribution in [0.4, 0.5) is 5.82 Å². The van der Waals surface area contributed by atoms with Gasteiger partial charge in [0.2, 0.25) is 0 Å². The molecule has 0 aliphatic heterocycles. The molecule has 1 heterocycles. The minimum Gasteiger partial charge on any atom is -0.384 e. The van der Waals surface area contributed by atoms with Crippen LogP contribution in [0.2, 0.25) is 0 Å². The Kier molecular flexibility index (Phi) is 3.91. The van der Waals surface area contributed by atoms with Gasteiger partial charge in [-0.3, -0.25) is 16.4 Å². The Morgan fingerprint density at radius 3 is 2.79 bits per heavy atom. The van der Waals surface area contributed by atoms with Crippen LogP contribution in [-0.2, 0) is 0 Å². The highest BCUT2D eigenvalue weighted by Gasteiger charge is 2.16. The highest BCUT2D eigenvalue weighted by atomic mass is 15.2.